The maximum absolute atomic E-state index is 12.6. The summed E-state index contributed by atoms with van der Waals surface area (Å²) in [6.45, 7) is 0.920. The first-order valence-corrected chi connectivity index (χ1v) is 11.7. The molecule has 0 aliphatic carbocycles. The number of nitrogens with zero attached hydrogens (tertiary/aromatic N) is 2. The molecule has 0 spiro atoms. The smallest absolute Gasteiger partial charge is 0.489 e. The van der Waals surface area contributed by atoms with Crippen molar-refractivity contribution in [2.45, 2.75) is 31.7 Å². The normalized spacial score (nSPS) is 14.5. The highest BCUT2D eigenvalue weighted by Crippen LogP contribution is 2.29. The predicted molar refractivity (Wildman–Crippen MR) is 123 cm³/mol. The van der Waals surface area contributed by atoms with Gasteiger partial charge in [-0.2, -0.15) is 0 Å². The number of benzene rings is 2. The number of ether oxygens (including phenoxy) is 2. The number of carbonyl (C=O) groups is 2. The van der Waals surface area contributed by atoms with Crippen LogP contribution in [0.1, 0.15) is 28.8 Å². The van der Waals surface area contributed by atoms with Gasteiger partial charge in [-0.25, -0.2) is 4.98 Å². The number of primary amides is 1. The molecule has 1 aromatic heterocycles. The van der Waals surface area contributed by atoms with Crippen molar-refractivity contribution < 1.29 is 32.2 Å². The number of carbonyl (C=O) groups excluding carboxylic acids is 2. The van der Waals surface area contributed by atoms with Gasteiger partial charge in [-0.3, -0.25) is 9.59 Å². The summed E-state index contributed by atoms with van der Waals surface area (Å²) in [4.78, 5) is 30.6. The molecule has 35 heavy (non-hydrogen) atoms. The first-order valence-electron chi connectivity index (χ1n) is 10.8. The summed E-state index contributed by atoms with van der Waals surface area (Å²) < 4.78 is 46.8. The molecule has 0 unspecified atom stereocenters. The van der Waals surface area contributed by atoms with Gasteiger partial charge in [0, 0.05) is 36.9 Å². The SMILES string of the molecule is NC(=O)c1cc(-c2cscn2)ccc1OC1CCN(C(=O)Cc2ccc(OC(F)(F)F)cc2)CC1. The molecule has 184 valence electrons. The minimum atomic E-state index is -4.76. The van der Waals surface area contributed by atoms with Crippen LogP contribution in [0.3, 0.4) is 0 Å². The summed E-state index contributed by atoms with van der Waals surface area (Å²) in [5, 5.41) is 1.87. The van der Waals surface area contributed by atoms with Gasteiger partial charge >= 0.3 is 6.36 Å². The van der Waals surface area contributed by atoms with Crippen LogP contribution in [0, 0.1) is 0 Å². The maximum Gasteiger partial charge on any atom is 0.573 e. The number of hydrogen-bond donors (Lipinski definition) is 1. The van der Waals surface area contributed by atoms with Crippen molar-refractivity contribution in [3.63, 3.8) is 0 Å². The molecular weight excluding hydrogens is 483 g/mol. The monoisotopic (exact) mass is 505 g/mol. The van der Waals surface area contributed by atoms with Crippen molar-refractivity contribution in [2.75, 3.05) is 13.1 Å². The Bertz CT molecular complexity index is 1180. The predicted octanol–water partition coefficient (Wildman–Crippen LogP) is 4.42. The molecule has 2 amide bonds. The third-order valence-corrected chi connectivity index (χ3v) is 6.16. The number of rotatable bonds is 7. The molecule has 2 aromatic carbocycles. The Morgan fingerprint density at radius 1 is 1.11 bits per heavy atom. The van der Waals surface area contributed by atoms with Crippen molar-refractivity contribution in [3.8, 4) is 22.8 Å². The standard InChI is InChI=1S/C24H22F3N3O4S/c25-24(26,27)34-18-4-1-15(2-5-18)11-22(31)30-9-7-17(8-10-30)33-21-6-3-16(12-19(21)23(28)32)20-13-35-14-29-20/h1-6,12-14,17H,7-11H2,(H2,28,32). The fraction of sp³-hybridized carbons (Fsp3) is 0.292. The maximum atomic E-state index is 12.6. The van der Waals surface area contributed by atoms with Crippen molar-refractivity contribution in [1.29, 1.82) is 0 Å². The quantitative estimate of drug-likeness (QED) is 0.513. The van der Waals surface area contributed by atoms with E-state index in [1.54, 1.807) is 22.5 Å². The molecule has 4 rings (SSSR count). The van der Waals surface area contributed by atoms with Crippen LogP contribution in [0.2, 0.25) is 0 Å². The molecule has 1 aliphatic heterocycles. The van der Waals surface area contributed by atoms with Crippen LogP contribution in [-0.4, -0.2) is 47.3 Å². The second kappa shape index (κ2) is 10.3. The van der Waals surface area contributed by atoms with E-state index in [4.69, 9.17) is 10.5 Å². The lowest BCUT2D eigenvalue weighted by Gasteiger charge is -2.32. The number of thiazole rings is 1. The summed E-state index contributed by atoms with van der Waals surface area (Å²) in [5.41, 5.74) is 9.65. The zero-order chi connectivity index (χ0) is 25.0. The number of amides is 2. The molecular formula is C24H22F3N3O4S. The van der Waals surface area contributed by atoms with E-state index in [0.29, 0.717) is 37.2 Å². The lowest BCUT2D eigenvalue weighted by atomic mass is 10.0. The van der Waals surface area contributed by atoms with Crippen molar-refractivity contribution >= 4 is 23.2 Å². The Balaban J connectivity index is 1.32. The molecule has 2 N–H and O–H groups in total. The van der Waals surface area contributed by atoms with E-state index in [1.807, 2.05) is 11.4 Å². The highest BCUT2D eigenvalue weighted by atomic mass is 32.1. The molecule has 11 heteroatoms. The van der Waals surface area contributed by atoms with Crippen LogP contribution in [0.25, 0.3) is 11.3 Å². The van der Waals surface area contributed by atoms with E-state index < -0.39 is 12.3 Å². The molecule has 0 saturated carbocycles. The van der Waals surface area contributed by atoms with Gasteiger partial charge in [0.2, 0.25) is 5.91 Å². The highest BCUT2D eigenvalue weighted by Gasteiger charge is 2.31. The van der Waals surface area contributed by atoms with Crippen molar-refractivity contribution in [3.05, 3.63) is 64.5 Å². The molecule has 1 aliphatic rings. The second-order valence-electron chi connectivity index (χ2n) is 8.02. The molecule has 0 radical (unpaired) electrons. The summed E-state index contributed by atoms with van der Waals surface area (Å²) in [6, 6.07) is 10.4. The molecule has 7 nitrogen and oxygen atoms in total. The first kappa shape index (κ1) is 24.5. The lowest BCUT2D eigenvalue weighted by molar-refractivity contribution is -0.274. The number of likely N-dealkylation sites (tertiary alicyclic amines) is 1. The summed E-state index contributed by atoms with van der Waals surface area (Å²) in [7, 11) is 0. The molecule has 0 bridgehead atoms. The minimum absolute atomic E-state index is 0.0712. The number of piperidine rings is 1. The van der Waals surface area contributed by atoms with Gasteiger partial charge in [0.15, 0.2) is 0 Å². The Hall–Kier alpha value is -3.60. The average molecular weight is 506 g/mol. The van der Waals surface area contributed by atoms with Gasteiger partial charge in [-0.1, -0.05) is 12.1 Å². The third-order valence-electron chi connectivity index (χ3n) is 5.57. The third kappa shape index (κ3) is 6.50. The minimum Gasteiger partial charge on any atom is -0.489 e. The van der Waals surface area contributed by atoms with Crippen molar-refractivity contribution in [2.24, 2.45) is 5.73 Å². The number of halogens is 3. The largest absolute Gasteiger partial charge is 0.573 e. The Morgan fingerprint density at radius 2 is 1.83 bits per heavy atom. The lowest BCUT2D eigenvalue weighted by Crippen LogP contribution is -2.42. The van der Waals surface area contributed by atoms with Gasteiger partial charge in [0.25, 0.3) is 5.91 Å². The molecule has 0 atom stereocenters. The Kier molecular flexibility index (Phi) is 7.25. The van der Waals surface area contributed by atoms with Crippen molar-refractivity contribution in [1.82, 2.24) is 9.88 Å². The Morgan fingerprint density at radius 3 is 2.43 bits per heavy atom. The number of nitrogens with two attached hydrogens (primary N) is 1. The van der Waals surface area contributed by atoms with Gasteiger partial charge in [-0.05, 0) is 35.9 Å². The average Bonchev–Trinajstić information content (AvgIpc) is 3.35. The molecule has 3 aromatic rings. The summed E-state index contributed by atoms with van der Waals surface area (Å²) in [6.07, 6.45) is -3.75. The zero-order valence-corrected chi connectivity index (χ0v) is 19.3. The topological polar surface area (TPSA) is 94.8 Å². The summed E-state index contributed by atoms with van der Waals surface area (Å²) >= 11 is 1.45. The van der Waals surface area contributed by atoms with Crippen LogP contribution < -0.4 is 15.2 Å². The highest BCUT2D eigenvalue weighted by molar-refractivity contribution is 7.07. The molecule has 2 heterocycles. The van der Waals surface area contributed by atoms with Crippen LogP contribution in [0.5, 0.6) is 11.5 Å². The second-order valence-corrected chi connectivity index (χ2v) is 8.73. The van der Waals surface area contributed by atoms with E-state index in [2.05, 4.69) is 9.72 Å². The van der Waals surface area contributed by atoms with E-state index >= 15 is 0 Å². The van der Waals surface area contributed by atoms with E-state index in [-0.39, 0.29) is 29.7 Å². The van der Waals surface area contributed by atoms with Gasteiger partial charge < -0.3 is 20.1 Å². The summed E-state index contributed by atoms with van der Waals surface area (Å²) in [5.74, 6) is -0.668. The van der Waals surface area contributed by atoms with Gasteiger partial charge in [0.1, 0.15) is 17.6 Å². The van der Waals surface area contributed by atoms with Crippen LogP contribution in [0.4, 0.5) is 13.2 Å². The number of alkyl halides is 3. The van der Waals surface area contributed by atoms with E-state index in [9.17, 15) is 22.8 Å². The van der Waals surface area contributed by atoms with E-state index in [1.165, 1.54) is 35.6 Å². The van der Waals surface area contributed by atoms with Crippen LogP contribution in [-0.2, 0) is 11.2 Å². The first-order chi connectivity index (χ1) is 16.7. The van der Waals surface area contributed by atoms with Crippen LogP contribution in [0.15, 0.2) is 53.4 Å². The molecule has 1 fully saturated rings. The van der Waals surface area contributed by atoms with Crippen LogP contribution >= 0.6 is 11.3 Å². The van der Waals surface area contributed by atoms with E-state index in [0.717, 1.165) is 11.3 Å². The number of hydrogen-bond acceptors (Lipinski definition) is 6. The Labute approximate surface area is 203 Å². The fourth-order valence-electron chi connectivity index (χ4n) is 3.84. The number of aromatic nitrogens is 1. The van der Waals surface area contributed by atoms with Gasteiger partial charge in [0.05, 0.1) is 23.2 Å². The molecule has 1 saturated heterocycles. The fourth-order valence-corrected chi connectivity index (χ4v) is 4.40. The zero-order valence-electron chi connectivity index (χ0n) is 18.5. The van der Waals surface area contributed by atoms with Gasteiger partial charge in [-0.15, -0.1) is 24.5 Å².